The van der Waals surface area contributed by atoms with Crippen molar-refractivity contribution in [2.75, 3.05) is 31.2 Å². The van der Waals surface area contributed by atoms with Gasteiger partial charge in [-0.1, -0.05) is 17.9 Å². The lowest BCUT2D eigenvalue weighted by atomic mass is 10.1. The van der Waals surface area contributed by atoms with Crippen LogP contribution in [0.3, 0.4) is 0 Å². The van der Waals surface area contributed by atoms with Crippen molar-refractivity contribution in [1.29, 1.82) is 0 Å². The lowest BCUT2D eigenvalue weighted by Crippen LogP contribution is -2.25. The number of hydrogen-bond acceptors (Lipinski definition) is 3. The quantitative estimate of drug-likeness (QED) is 0.839. The summed E-state index contributed by atoms with van der Waals surface area (Å²) in [5.41, 5.74) is 1.45. The van der Waals surface area contributed by atoms with Gasteiger partial charge < -0.3 is 5.11 Å². The van der Waals surface area contributed by atoms with E-state index in [1.54, 1.807) is 6.07 Å². The van der Waals surface area contributed by atoms with Crippen LogP contribution in [0.25, 0.3) is 0 Å². The van der Waals surface area contributed by atoms with Crippen molar-refractivity contribution in [3.8, 4) is 11.8 Å². The minimum atomic E-state index is -0.323. The smallest absolute Gasteiger partial charge is 0.138 e. The van der Waals surface area contributed by atoms with Crippen LogP contribution >= 0.6 is 11.8 Å². The molecule has 102 valence electrons. The number of thioether (sulfide) groups is 1. The molecular formula is C15H18FNOS. The van der Waals surface area contributed by atoms with Crippen LogP contribution in [-0.2, 0) is 6.54 Å². The Morgan fingerprint density at radius 1 is 1.32 bits per heavy atom. The second kappa shape index (κ2) is 7.54. The van der Waals surface area contributed by atoms with Gasteiger partial charge >= 0.3 is 0 Å². The SMILES string of the molecule is OCC#Cc1cc(CN2CCCSCC2)ccc1F. The average Bonchev–Trinajstić information content (AvgIpc) is 2.68. The summed E-state index contributed by atoms with van der Waals surface area (Å²) in [4.78, 5) is 2.40. The highest BCUT2D eigenvalue weighted by molar-refractivity contribution is 7.99. The first-order valence-corrected chi connectivity index (χ1v) is 7.63. The standard InChI is InChI=1S/C15H18FNOS/c16-15-5-4-13(11-14(15)3-1-8-18)12-17-6-2-9-19-10-7-17/h4-5,11,18H,2,6-10,12H2. The van der Waals surface area contributed by atoms with Crippen LogP contribution in [0.5, 0.6) is 0 Å². The minimum absolute atomic E-state index is 0.243. The first-order valence-electron chi connectivity index (χ1n) is 6.48. The van der Waals surface area contributed by atoms with Crippen LogP contribution < -0.4 is 0 Å². The van der Waals surface area contributed by atoms with Gasteiger partial charge in [0.15, 0.2) is 0 Å². The zero-order valence-corrected chi connectivity index (χ0v) is 11.7. The van der Waals surface area contributed by atoms with Crippen molar-refractivity contribution < 1.29 is 9.50 Å². The van der Waals surface area contributed by atoms with Crippen LogP contribution in [0.1, 0.15) is 17.5 Å². The Bertz CT molecular complexity index is 473. The van der Waals surface area contributed by atoms with Crippen molar-refractivity contribution in [2.45, 2.75) is 13.0 Å². The van der Waals surface area contributed by atoms with Gasteiger partial charge in [-0.2, -0.15) is 11.8 Å². The fraction of sp³-hybridized carbons (Fsp3) is 0.467. The van der Waals surface area contributed by atoms with Gasteiger partial charge in [0.25, 0.3) is 0 Å². The van der Waals surface area contributed by atoms with Gasteiger partial charge in [-0.25, -0.2) is 4.39 Å². The zero-order valence-electron chi connectivity index (χ0n) is 10.9. The summed E-state index contributed by atoms with van der Waals surface area (Å²) in [5.74, 6) is 7.22. The van der Waals surface area contributed by atoms with Gasteiger partial charge in [-0.05, 0) is 36.4 Å². The van der Waals surface area contributed by atoms with E-state index in [0.29, 0.717) is 5.56 Å². The van der Waals surface area contributed by atoms with E-state index in [0.717, 1.165) is 25.2 Å². The molecule has 1 aromatic rings. The molecule has 0 radical (unpaired) electrons. The van der Waals surface area contributed by atoms with E-state index in [1.807, 2.05) is 17.8 Å². The molecule has 1 heterocycles. The monoisotopic (exact) mass is 279 g/mol. The molecule has 0 amide bonds. The maximum atomic E-state index is 13.5. The number of nitrogens with zero attached hydrogens (tertiary/aromatic N) is 1. The highest BCUT2D eigenvalue weighted by atomic mass is 32.2. The van der Waals surface area contributed by atoms with Gasteiger partial charge in [-0.15, -0.1) is 0 Å². The lowest BCUT2D eigenvalue weighted by molar-refractivity contribution is 0.287. The largest absolute Gasteiger partial charge is 0.384 e. The molecule has 0 aromatic heterocycles. The molecule has 1 aliphatic heterocycles. The number of halogens is 1. The van der Waals surface area contributed by atoms with E-state index < -0.39 is 0 Å². The molecule has 0 bridgehead atoms. The minimum Gasteiger partial charge on any atom is -0.384 e. The summed E-state index contributed by atoms with van der Waals surface area (Å²) in [6, 6.07) is 5.07. The Hall–Kier alpha value is -1.02. The third-order valence-corrected chi connectivity index (χ3v) is 4.10. The Kier molecular flexibility index (Phi) is 5.71. The van der Waals surface area contributed by atoms with Gasteiger partial charge in [0, 0.05) is 18.8 Å². The van der Waals surface area contributed by atoms with E-state index >= 15 is 0 Å². The summed E-state index contributed by atoms with van der Waals surface area (Å²) in [5, 5.41) is 8.67. The zero-order chi connectivity index (χ0) is 13.5. The predicted molar refractivity (Wildman–Crippen MR) is 77.6 cm³/mol. The Morgan fingerprint density at radius 2 is 2.21 bits per heavy atom. The number of aliphatic hydroxyl groups is 1. The maximum absolute atomic E-state index is 13.5. The molecule has 4 heteroatoms. The van der Waals surface area contributed by atoms with Crippen molar-refractivity contribution in [1.82, 2.24) is 4.90 Å². The third kappa shape index (κ3) is 4.54. The van der Waals surface area contributed by atoms with E-state index in [2.05, 4.69) is 16.7 Å². The van der Waals surface area contributed by atoms with Crippen molar-refractivity contribution in [3.63, 3.8) is 0 Å². The number of hydrogen-bond donors (Lipinski definition) is 1. The van der Waals surface area contributed by atoms with Gasteiger partial charge in [0.05, 0.1) is 5.56 Å². The summed E-state index contributed by atoms with van der Waals surface area (Å²) in [6.45, 7) is 2.78. The predicted octanol–water partition coefficient (Wildman–Crippen LogP) is 2.11. The van der Waals surface area contributed by atoms with E-state index in [1.165, 1.54) is 24.0 Å². The topological polar surface area (TPSA) is 23.5 Å². The molecule has 0 saturated carbocycles. The highest BCUT2D eigenvalue weighted by Crippen LogP contribution is 2.15. The van der Waals surface area contributed by atoms with Crippen molar-refractivity contribution >= 4 is 11.8 Å². The first-order chi connectivity index (χ1) is 9.29. The molecular weight excluding hydrogens is 261 g/mol. The summed E-state index contributed by atoms with van der Waals surface area (Å²) >= 11 is 1.99. The summed E-state index contributed by atoms with van der Waals surface area (Å²) < 4.78 is 13.5. The molecule has 0 atom stereocenters. The second-order valence-electron chi connectivity index (χ2n) is 4.52. The molecule has 0 aliphatic carbocycles. The normalized spacial score (nSPS) is 16.5. The molecule has 0 unspecified atom stereocenters. The van der Waals surface area contributed by atoms with Crippen LogP contribution in [0.4, 0.5) is 4.39 Å². The van der Waals surface area contributed by atoms with E-state index in [9.17, 15) is 4.39 Å². The van der Waals surface area contributed by atoms with Gasteiger partial charge in [-0.3, -0.25) is 4.90 Å². The highest BCUT2D eigenvalue weighted by Gasteiger charge is 2.10. The molecule has 1 aliphatic rings. The Labute approximate surface area is 118 Å². The first kappa shape index (κ1) is 14.4. The molecule has 2 rings (SSSR count). The Morgan fingerprint density at radius 3 is 3.05 bits per heavy atom. The van der Waals surface area contributed by atoms with Gasteiger partial charge in [0.2, 0.25) is 0 Å². The summed E-state index contributed by atoms with van der Waals surface area (Å²) in [7, 11) is 0. The molecule has 1 aromatic carbocycles. The van der Waals surface area contributed by atoms with Crippen LogP contribution in [-0.4, -0.2) is 41.2 Å². The third-order valence-electron chi connectivity index (χ3n) is 3.05. The Balaban J connectivity index is 2.07. The second-order valence-corrected chi connectivity index (χ2v) is 5.74. The average molecular weight is 279 g/mol. The summed E-state index contributed by atoms with van der Waals surface area (Å²) in [6.07, 6.45) is 1.21. The number of aliphatic hydroxyl groups excluding tert-OH is 1. The van der Waals surface area contributed by atoms with Crippen LogP contribution in [0.15, 0.2) is 18.2 Å². The molecule has 19 heavy (non-hydrogen) atoms. The van der Waals surface area contributed by atoms with Crippen molar-refractivity contribution in [3.05, 3.63) is 35.1 Å². The molecule has 1 N–H and O–H groups in total. The number of rotatable bonds is 2. The molecule has 1 saturated heterocycles. The van der Waals surface area contributed by atoms with Crippen LogP contribution in [0, 0.1) is 17.7 Å². The van der Waals surface area contributed by atoms with E-state index in [-0.39, 0.29) is 12.4 Å². The van der Waals surface area contributed by atoms with E-state index in [4.69, 9.17) is 5.11 Å². The maximum Gasteiger partial charge on any atom is 0.138 e. The van der Waals surface area contributed by atoms with Crippen molar-refractivity contribution in [2.24, 2.45) is 0 Å². The molecule has 0 spiro atoms. The molecule has 2 nitrogen and oxygen atoms in total. The fourth-order valence-corrected chi connectivity index (χ4v) is 3.04. The fourth-order valence-electron chi connectivity index (χ4n) is 2.12. The van der Waals surface area contributed by atoms with Crippen LogP contribution in [0.2, 0.25) is 0 Å². The molecule has 1 fully saturated rings. The number of benzene rings is 1. The lowest BCUT2D eigenvalue weighted by Gasteiger charge is -2.19. The van der Waals surface area contributed by atoms with Gasteiger partial charge in [0.1, 0.15) is 12.4 Å².